The zero-order valence-electron chi connectivity index (χ0n) is 15.7. The molecule has 7 nitrogen and oxygen atoms in total. The highest BCUT2D eigenvalue weighted by Crippen LogP contribution is 2.22. The molecule has 0 saturated heterocycles. The van der Waals surface area contributed by atoms with Crippen LogP contribution in [0.2, 0.25) is 0 Å². The highest BCUT2D eigenvalue weighted by molar-refractivity contribution is 9.10. The molecule has 0 aliphatic heterocycles. The van der Waals surface area contributed by atoms with Crippen molar-refractivity contribution in [2.75, 3.05) is 26.0 Å². The molecule has 0 heterocycles. The van der Waals surface area contributed by atoms with Crippen molar-refractivity contribution in [3.8, 4) is 0 Å². The molecule has 0 aliphatic carbocycles. The zero-order valence-corrected chi connectivity index (χ0v) is 18.1. The zero-order chi connectivity index (χ0) is 20.9. The molecule has 0 fully saturated rings. The Balaban J connectivity index is 1.96. The first-order valence-corrected chi connectivity index (χ1v) is 10.6. The first kappa shape index (κ1) is 22.1. The van der Waals surface area contributed by atoms with E-state index in [1.807, 2.05) is 12.1 Å². The minimum atomic E-state index is -3.64. The Morgan fingerprint density at radius 3 is 2.36 bits per heavy atom. The summed E-state index contributed by atoms with van der Waals surface area (Å²) >= 11 is 3.31. The molecule has 0 saturated carbocycles. The van der Waals surface area contributed by atoms with Gasteiger partial charge in [-0.3, -0.25) is 9.59 Å². The van der Waals surface area contributed by atoms with Gasteiger partial charge in [-0.05, 0) is 42.3 Å². The number of rotatable bonds is 7. The fourth-order valence-corrected chi connectivity index (χ4v) is 3.72. The van der Waals surface area contributed by atoms with Gasteiger partial charge in [0.1, 0.15) is 0 Å². The molecule has 0 atom stereocenters. The van der Waals surface area contributed by atoms with Crippen molar-refractivity contribution in [2.45, 2.75) is 18.2 Å². The van der Waals surface area contributed by atoms with Crippen LogP contribution in [0.5, 0.6) is 0 Å². The Hall–Kier alpha value is -2.23. The maximum atomic E-state index is 12.3. The third-order valence-electron chi connectivity index (χ3n) is 3.86. The maximum absolute atomic E-state index is 12.3. The van der Waals surface area contributed by atoms with Crippen LogP contribution in [-0.2, 0) is 30.8 Å². The number of hydrogen-bond acceptors (Lipinski definition) is 5. The van der Waals surface area contributed by atoms with E-state index in [0.29, 0.717) is 11.3 Å². The molecular weight excluding hydrogens is 448 g/mol. The first-order valence-electron chi connectivity index (χ1n) is 8.32. The minimum Gasteiger partial charge on any atom is -0.455 e. The fraction of sp³-hybridized carbons (Fsp3) is 0.263. The van der Waals surface area contributed by atoms with Gasteiger partial charge < -0.3 is 10.1 Å². The number of nitrogens with one attached hydrogen (secondary N) is 1. The third-order valence-corrected chi connectivity index (χ3v) is 6.34. The van der Waals surface area contributed by atoms with Crippen molar-refractivity contribution in [1.82, 2.24) is 4.31 Å². The Morgan fingerprint density at radius 2 is 1.75 bits per heavy atom. The molecule has 0 aromatic heterocycles. The van der Waals surface area contributed by atoms with Gasteiger partial charge in [0, 0.05) is 24.3 Å². The van der Waals surface area contributed by atoms with Crippen LogP contribution in [0, 0.1) is 6.92 Å². The second kappa shape index (κ2) is 9.31. The molecule has 1 amide bonds. The van der Waals surface area contributed by atoms with Gasteiger partial charge in [0.05, 0.1) is 11.3 Å². The SMILES string of the molecule is Cc1ccc(NC(=O)COC(=O)Cc2ccc(Br)cc2)cc1S(=O)(=O)N(C)C. The van der Waals surface area contributed by atoms with Crippen molar-refractivity contribution in [2.24, 2.45) is 0 Å². The summed E-state index contributed by atoms with van der Waals surface area (Å²) < 4.78 is 31.7. The Kier molecular flexibility index (Phi) is 7.34. The quantitative estimate of drug-likeness (QED) is 0.630. The van der Waals surface area contributed by atoms with Crippen LogP contribution in [0.1, 0.15) is 11.1 Å². The van der Waals surface area contributed by atoms with Crippen LogP contribution in [0.4, 0.5) is 5.69 Å². The molecule has 0 unspecified atom stereocenters. The monoisotopic (exact) mass is 468 g/mol. The normalized spacial score (nSPS) is 11.3. The molecule has 1 N–H and O–H groups in total. The molecule has 9 heteroatoms. The van der Waals surface area contributed by atoms with E-state index >= 15 is 0 Å². The number of nitrogens with zero attached hydrogens (tertiary/aromatic N) is 1. The smallest absolute Gasteiger partial charge is 0.310 e. The molecule has 2 aromatic rings. The topological polar surface area (TPSA) is 92.8 Å². The highest BCUT2D eigenvalue weighted by Gasteiger charge is 2.20. The number of halogens is 1. The van der Waals surface area contributed by atoms with Crippen molar-refractivity contribution in [3.63, 3.8) is 0 Å². The summed E-state index contributed by atoms with van der Waals surface area (Å²) in [5.74, 6) is -1.08. The van der Waals surface area contributed by atoms with E-state index in [4.69, 9.17) is 4.74 Å². The summed E-state index contributed by atoms with van der Waals surface area (Å²) in [6.45, 7) is 1.21. The van der Waals surface area contributed by atoms with E-state index in [9.17, 15) is 18.0 Å². The number of carbonyl (C=O) groups excluding carboxylic acids is 2. The van der Waals surface area contributed by atoms with Crippen molar-refractivity contribution in [3.05, 3.63) is 58.1 Å². The van der Waals surface area contributed by atoms with Gasteiger partial charge in [-0.2, -0.15) is 0 Å². The van der Waals surface area contributed by atoms with Crippen LogP contribution in [0.15, 0.2) is 51.8 Å². The fourth-order valence-electron chi connectivity index (χ4n) is 2.32. The van der Waals surface area contributed by atoms with E-state index < -0.39 is 28.5 Å². The van der Waals surface area contributed by atoms with Crippen LogP contribution >= 0.6 is 15.9 Å². The van der Waals surface area contributed by atoms with Crippen molar-refractivity contribution < 1.29 is 22.7 Å². The average molecular weight is 469 g/mol. The first-order chi connectivity index (χ1) is 13.1. The van der Waals surface area contributed by atoms with Gasteiger partial charge in [0.15, 0.2) is 6.61 Å². The lowest BCUT2D eigenvalue weighted by Gasteiger charge is -2.15. The summed E-state index contributed by atoms with van der Waals surface area (Å²) in [7, 11) is -0.765. The number of esters is 1. The van der Waals surface area contributed by atoms with Crippen molar-refractivity contribution in [1.29, 1.82) is 0 Å². The lowest BCUT2D eigenvalue weighted by Crippen LogP contribution is -2.24. The van der Waals surface area contributed by atoms with Gasteiger partial charge in [0.2, 0.25) is 10.0 Å². The van der Waals surface area contributed by atoms with Gasteiger partial charge in [-0.1, -0.05) is 34.1 Å². The number of sulfonamides is 1. The Bertz CT molecular complexity index is 972. The molecule has 28 heavy (non-hydrogen) atoms. The van der Waals surface area contributed by atoms with E-state index in [2.05, 4.69) is 21.2 Å². The molecule has 2 aromatic carbocycles. The minimum absolute atomic E-state index is 0.0519. The largest absolute Gasteiger partial charge is 0.455 e. The van der Waals surface area contributed by atoms with E-state index in [1.165, 1.54) is 20.2 Å². The molecule has 0 radical (unpaired) electrons. The Morgan fingerprint density at radius 1 is 1.11 bits per heavy atom. The summed E-state index contributed by atoms with van der Waals surface area (Å²) in [5.41, 5.74) is 1.64. The van der Waals surface area contributed by atoms with E-state index in [-0.39, 0.29) is 11.3 Å². The lowest BCUT2D eigenvalue weighted by molar-refractivity contribution is -0.146. The molecule has 0 spiro atoms. The standard InChI is InChI=1S/C19H21BrN2O5S/c1-13-4-9-16(11-17(13)28(25,26)22(2)3)21-18(23)12-27-19(24)10-14-5-7-15(20)8-6-14/h4-9,11H,10,12H2,1-3H3,(H,21,23). The highest BCUT2D eigenvalue weighted by atomic mass is 79.9. The summed E-state index contributed by atoms with van der Waals surface area (Å²) in [4.78, 5) is 24.0. The van der Waals surface area contributed by atoms with Gasteiger partial charge in [-0.15, -0.1) is 0 Å². The number of anilines is 1. The molecule has 2 rings (SSSR count). The third kappa shape index (κ3) is 5.88. The lowest BCUT2D eigenvalue weighted by atomic mass is 10.2. The van der Waals surface area contributed by atoms with Crippen LogP contribution in [-0.4, -0.2) is 45.3 Å². The number of amides is 1. The number of aryl methyl sites for hydroxylation is 1. The molecule has 0 bridgehead atoms. The number of hydrogen-bond donors (Lipinski definition) is 1. The van der Waals surface area contributed by atoms with Crippen LogP contribution in [0.3, 0.4) is 0 Å². The second-order valence-corrected chi connectivity index (χ2v) is 9.32. The van der Waals surface area contributed by atoms with Gasteiger partial charge in [-0.25, -0.2) is 12.7 Å². The molecule has 0 aliphatic rings. The summed E-state index contributed by atoms with van der Waals surface area (Å²) in [6, 6.07) is 11.8. The predicted octanol–water partition coefficient (Wildman–Crippen LogP) is 2.73. The van der Waals surface area contributed by atoms with Crippen molar-refractivity contribution >= 4 is 43.5 Å². The van der Waals surface area contributed by atoms with Crippen LogP contribution in [0.25, 0.3) is 0 Å². The Labute approximate surface area is 172 Å². The molecular formula is C19H21BrN2O5S. The maximum Gasteiger partial charge on any atom is 0.310 e. The van der Waals surface area contributed by atoms with Crippen LogP contribution < -0.4 is 5.32 Å². The average Bonchev–Trinajstić information content (AvgIpc) is 2.63. The number of ether oxygens (including phenoxy) is 1. The van der Waals surface area contributed by atoms with Gasteiger partial charge >= 0.3 is 5.97 Å². The number of benzene rings is 2. The number of carbonyl (C=O) groups is 2. The molecule has 150 valence electrons. The van der Waals surface area contributed by atoms with E-state index in [1.54, 1.807) is 31.2 Å². The summed E-state index contributed by atoms with van der Waals surface area (Å²) in [6.07, 6.45) is 0.0519. The second-order valence-electron chi connectivity index (χ2n) is 6.28. The van der Waals surface area contributed by atoms with E-state index in [0.717, 1.165) is 14.3 Å². The summed E-state index contributed by atoms with van der Waals surface area (Å²) in [5, 5.41) is 2.54. The predicted molar refractivity (Wildman–Crippen MR) is 109 cm³/mol. The van der Waals surface area contributed by atoms with Gasteiger partial charge in [0.25, 0.3) is 5.91 Å².